The first-order valence-electron chi connectivity index (χ1n) is 7.09. The summed E-state index contributed by atoms with van der Waals surface area (Å²) in [7, 11) is 0. The lowest BCUT2D eigenvalue weighted by molar-refractivity contribution is 0.0647. The molecule has 0 saturated carbocycles. The summed E-state index contributed by atoms with van der Waals surface area (Å²) in [5.41, 5.74) is 8.05. The standard InChI is InChI=1S/C17H18N2O2/c18-14-7-8-15(17(20)19-9-4-10-19)16(11-14)21-12-13-5-2-1-3-6-13/h1-3,5-8,11H,4,9-10,12,18H2. The first-order valence-corrected chi connectivity index (χ1v) is 7.09. The zero-order valence-corrected chi connectivity index (χ0v) is 11.8. The molecule has 0 atom stereocenters. The number of nitrogens with zero attached hydrogens (tertiary/aromatic N) is 1. The highest BCUT2D eigenvalue weighted by atomic mass is 16.5. The fourth-order valence-electron chi connectivity index (χ4n) is 2.26. The maximum absolute atomic E-state index is 12.4. The molecule has 2 N–H and O–H groups in total. The van der Waals surface area contributed by atoms with Gasteiger partial charge < -0.3 is 15.4 Å². The van der Waals surface area contributed by atoms with Crippen LogP contribution >= 0.6 is 0 Å². The van der Waals surface area contributed by atoms with E-state index in [-0.39, 0.29) is 5.91 Å². The SMILES string of the molecule is Nc1ccc(C(=O)N2CCC2)c(OCc2ccccc2)c1. The second-order valence-corrected chi connectivity index (χ2v) is 5.18. The Bertz CT molecular complexity index is 636. The van der Waals surface area contributed by atoms with E-state index in [0.29, 0.717) is 23.6 Å². The lowest BCUT2D eigenvalue weighted by Gasteiger charge is -2.31. The van der Waals surface area contributed by atoms with Gasteiger partial charge in [-0.1, -0.05) is 30.3 Å². The van der Waals surface area contributed by atoms with Crippen LogP contribution in [0, 0.1) is 0 Å². The number of amides is 1. The quantitative estimate of drug-likeness (QED) is 0.877. The second-order valence-electron chi connectivity index (χ2n) is 5.18. The number of nitrogen functional groups attached to an aromatic ring is 1. The van der Waals surface area contributed by atoms with Crippen LogP contribution in [0.4, 0.5) is 5.69 Å². The largest absolute Gasteiger partial charge is 0.488 e. The summed E-state index contributed by atoms with van der Waals surface area (Å²) in [5.74, 6) is 0.570. The lowest BCUT2D eigenvalue weighted by atomic mass is 10.1. The Labute approximate surface area is 124 Å². The van der Waals surface area contributed by atoms with Crippen LogP contribution in [0.5, 0.6) is 5.75 Å². The third-order valence-electron chi connectivity index (χ3n) is 3.62. The molecule has 2 aromatic rings. The minimum Gasteiger partial charge on any atom is -0.488 e. The Morgan fingerprint density at radius 2 is 1.90 bits per heavy atom. The highest BCUT2D eigenvalue weighted by Crippen LogP contribution is 2.26. The minimum absolute atomic E-state index is 0.0179. The van der Waals surface area contributed by atoms with Crippen LogP contribution in [-0.4, -0.2) is 23.9 Å². The van der Waals surface area contributed by atoms with Crippen LogP contribution in [0.1, 0.15) is 22.3 Å². The summed E-state index contributed by atoms with van der Waals surface area (Å²) in [6, 6.07) is 15.1. The summed E-state index contributed by atoms with van der Waals surface area (Å²) < 4.78 is 5.82. The molecule has 0 aromatic heterocycles. The van der Waals surface area contributed by atoms with Crippen molar-refractivity contribution in [2.75, 3.05) is 18.8 Å². The van der Waals surface area contributed by atoms with E-state index in [4.69, 9.17) is 10.5 Å². The van der Waals surface area contributed by atoms with Gasteiger partial charge in [-0.2, -0.15) is 0 Å². The number of benzene rings is 2. The van der Waals surface area contributed by atoms with Gasteiger partial charge in [0.25, 0.3) is 5.91 Å². The Balaban J connectivity index is 1.79. The number of rotatable bonds is 4. The third-order valence-corrected chi connectivity index (χ3v) is 3.62. The number of hydrogen-bond donors (Lipinski definition) is 1. The summed E-state index contributed by atoms with van der Waals surface area (Å²) in [5, 5.41) is 0. The lowest BCUT2D eigenvalue weighted by Crippen LogP contribution is -2.42. The number of hydrogen-bond acceptors (Lipinski definition) is 3. The van der Waals surface area contributed by atoms with Crippen molar-refractivity contribution < 1.29 is 9.53 Å². The molecule has 1 fully saturated rings. The first kappa shape index (κ1) is 13.5. The summed E-state index contributed by atoms with van der Waals surface area (Å²) >= 11 is 0. The monoisotopic (exact) mass is 282 g/mol. The molecule has 1 saturated heterocycles. The van der Waals surface area contributed by atoms with Crippen LogP contribution < -0.4 is 10.5 Å². The average molecular weight is 282 g/mol. The van der Waals surface area contributed by atoms with Crippen LogP contribution in [-0.2, 0) is 6.61 Å². The van der Waals surface area contributed by atoms with E-state index in [1.54, 1.807) is 18.2 Å². The van der Waals surface area contributed by atoms with Crippen molar-refractivity contribution in [1.29, 1.82) is 0 Å². The van der Waals surface area contributed by atoms with Gasteiger partial charge in [-0.05, 0) is 24.1 Å². The fourth-order valence-corrected chi connectivity index (χ4v) is 2.26. The molecule has 0 spiro atoms. The number of nitrogens with two attached hydrogens (primary N) is 1. The minimum atomic E-state index is 0.0179. The van der Waals surface area contributed by atoms with E-state index < -0.39 is 0 Å². The predicted molar refractivity (Wildman–Crippen MR) is 82.1 cm³/mol. The molecule has 4 heteroatoms. The Morgan fingerprint density at radius 3 is 2.57 bits per heavy atom. The van der Waals surface area contributed by atoms with E-state index >= 15 is 0 Å². The molecule has 0 radical (unpaired) electrons. The van der Waals surface area contributed by atoms with Crippen molar-refractivity contribution in [3.8, 4) is 5.75 Å². The maximum atomic E-state index is 12.4. The molecule has 4 nitrogen and oxygen atoms in total. The Kier molecular flexibility index (Phi) is 3.77. The molecule has 1 amide bonds. The van der Waals surface area contributed by atoms with Gasteiger partial charge in [-0.25, -0.2) is 0 Å². The normalized spacial score (nSPS) is 13.6. The summed E-state index contributed by atoms with van der Waals surface area (Å²) in [6.45, 7) is 2.06. The van der Waals surface area contributed by atoms with Crippen LogP contribution in [0.2, 0.25) is 0 Å². The van der Waals surface area contributed by atoms with Crippen molar-refractivity contribution >= 4 is 11.6 Å². The van der Waals surface area contributed by atoms with Gasteiger partial charge in [0.05, 0.1) is 5.56 Å². The van der Waals surface area contributed by atoms with Gasteiger partial charge in [0, 0.05) is 24.8 Å². The molecule has 108 valence electrons. The van der Waals surface area contributed by atoms with Crippen molar-refractivity contribution in [2.45, 2.75) is 13.0 Å². The Morgan fingerprint density at radius 1 is 1.14 bits per heavy atom. The molecular formula is C17H18N2O2. The van der Waals surface area contributed by atoms with E-state index in [0.717, 1.165) is 25.1 Å². The molecule has 1 aliphatic heterocycles. The second kappa shape index (κ2) is 5.87. The molecule has 3 rings (SSSR count). The van der Waals surface area contributed by atoms with Crippen molar-refractivity contribution in [1.82, 2.24) is 4.90 Å². The number of likely N-dealkylation sites (tertiary alicyclic amines) is 1. The molecular weight excluding hydrogens is 264 g/mol. The number of carbonyl (C=O) groups is 1. The summed E-state index contributed by atoms with van der Waals surface area (Å²) in [4.78, 5) is 14.2. The van der Waals surface area contributed by atoms with Crippen molar-refractivity contribution in [2.24, 2.45) is 0 Å². The molecule has 2 aromatic carbocycles. The molecule has 0 aliphatic carbocycles. The number of carbonyl (C=O) groups excluding carboxylic acids is 1. The predicted octanol–water partition coefficient (Wildman–Crippen LogP) is 2.69. The molecule has 21 heavy (non-hydrogen) atoms. The third kappa shape index (κ3) is 2.99. The number of ether oxygens (including phenoxy) is 1. The van der Waals surface area contributed by atoms with E-state index in [2.05, 4.69) is 0 Å². The van der Waals surface area contributed by atoms with Gasteiger partial charge >= 0.3 is 0 Å². The van der Waals surface area contributed by atoms with E-state index in [1.807, 2.05) is 35.2 Å². The van der Waals surface area contributed by atoms with Gasteiger partial charge in [0.1, 0.15) is 12.4 Å². The Hall–Kier alpha value is -2.49. The van der Waals surface area contributed by atoms with Gasteiger partial charge in [-0.3, -0.25) is 4.79 Å². The molecule has 1 aliphatic rings. The topological polar surface area (TPSA) is 55.6 Å². The zero-order chi connectivity index (χ0) is 14.7. The van der Waals surface area contributed by atoms with Gasteiger partial charge in [-0.15, -0.1) is 0 Å². The number of anilines is 1. The zero-order valence-electron chi connectivity index (χ0n) is 11.8. The van der Waals surface area contributed by atoms with E-state index in [9.17, 15) is 4.79 Å². The highest BCUT2D eigenvalue weighted by molar-refractivity contribution is 5.97. The molecule has 1 heterocycles. The fraction of sp³-hybridized carbons (Fsp3) is 0.235. The summed E-state index contributed by atoms with van der Waals surface area (Å²) in [6.07, 6.45) is 1.07. The average Bonchev–Trinajstić information content (AvgIpc) is 2.44. The molecule has 0 unspecified atom stereocenters. The first-order chi connectivity index (χ1) is 10.2. The highest BCUT2D eigenvalue weighted by Gasteiger charge is 2.24. The molecule has 0 bridgehead atoms. The van der Waals surface area contributed by atoms with Crippen molar-refractivity contribution in [3.63, 3.8) is 0 Å². The van der Waals surface area contributed by atoms with Crippen LogP contribution in [0.15, 0.2) is 48.5 Å². The van der Waals surface area contributed by atoms with Crippen molar-refractivity contribution in [3.05, 3.63) is 59.7 Å². The maximum Gasteiger partial charge on any atom is 0.257 e. The van der Waals surface area contributed by atoms with Gasteiger partial charge in [0.2, 0.25) is 0 Å². The van der Waals surface area contributed by atoms with Crippen LogP contribution in [0.25, 0.3) is 0 Å². The smallest absolute Gasteiger partial charge is 0.257 e. The van der Waals surface area contributed by atoms with Crippen LogP contribution in [0.3, 0.4) is 0 Å². The van der Waals surface area contributed by atoms with Gasteiger partial charge in [0.15, 0.2) is 0 Å². The van der Waals surface area contributed by atoms with E-state index in [1.165, 1.54) is 0 Å².